The van der Waals surface area contributed by atoms with Crippen molar-refractivity contribution in [3.8, 4) is 0 Å². The maximum absolute atomic E-state index is 12.6. The number of pyridine rings is 1. The second-order valence-electron chi connectivity index (χ2n) is 9.68. The van der Waals surface area contributed by atoms with Gasteiger partial charge in [0.15, 0.2) is 5.82 Å². The van der Waals surface area contributed by atoms with E-state index in [9.17, 15) is 4.79 Å². The topological polar surface area (TPSA) is 99.8 Å². The van der Waals surface area contributed by atoms with Crippen LogP contribution in [-0.4, -0.2) is 20.4 Å². The highest BCUT2D eigenvalue weighted by atomic mass is 16.1. The number of amides is 1. The van der Waals surface area contributed by atoms with E-state index in [0.717, 1.165) is 72.8 Å². The first kappa shape index (κ1) is 23.1. The normalized spacial score (nSPS) is 17.2. The lowest BCUT2D eigenvalue weighted by molar-refractivity contribution is -0.125. The van der Waals surface area contributed by atoms with E-state index in [-0.39, 0.29) is 5.91 Å². The SMILES string of the molecule is CCCCc1nc2c(N)nc3ccccc3c2n1CCCCC1(C(N)=O)C=Cc2ccccc2C1. The molecule has 1 aliphatic carbocycles. The Kier molecular flexibility index (Phi) is 6.29. The highest BCUT2D eigenvalue weighted by Crippen LogP contribution is 2.37. The van der Waals surface area contributed by atoms with Gasteiger partial charge in [-0.15, -0.1) is 0 Å². The van der Waals surface area contributed by atoms with E-state index in [2.05, 4.69) is 40.7 Å². The second kappa shape index (κ2) is 9.53. The number of nitrogen functional groups attached to an aromatic ring is 1. The number of nitrogens with zero attached hydrogens (tertiary/aromatic N) is 3. The maximum Gasteiger partial charge on any atom is 0.227 e. The van der Waals surface area contributed by atoms with Crippen LogP contribution in [0, 0.1) is 5.41 Å². The molecule has 6 nitrogen and oxygen atoms in total. The minimum absolute atomic E-state index is 0.246. The minimum Gasteiger partial charge on any atom is -0.382 e. The molecule has 0 spiro atoms. The highest BCUT2D eigenvalue weighted by molar-refractivity contribution is 6.06. The number of carbonyl (C=O) groups is 1. The van der Waals surface area contributed by atoms with Gasteiger partial charge in [-0.3, -0.25) is 4.79 Å². The number of nitrogens with two attached hydrogens (primary N) is 2. The summed E-state index contributed by atoms with van der Waals surface area (Å²) in [5, 5.41) is 1.08. The lowest BCUT2D eigenvalue weighted by atomic mass is 9.72. The van der Waals surface area contributed by atoms with Crippen molar-refractivity contribution in [1.29, 1.82) is 0 Å². The summed E-state index contributed by atoms with van der Waals surface area (Å²) in [4.78, 5) is 22.1. The molecule has 6 heteroatoms. The molecule has 0 saturated heterocycles. The molecule has 2 aromatic carbocycles. The van der Waals surface area contributed by atoms with Gasteiger partial charge in [-0.05, 0) is 42.9 Å². The monoisotopic (exact) mass is 467 g/mol. The van der Waals surface area contributed by atoms with Gasteiger partial charge in [-0.2, -0.15) is 0 Å². The van der Waals surface area contributed by atoms with Crippen molar-refractivity contribution in [3.63, 3.8) is 0 Å². The van der Waals surface area contributed by atoms with E-state index in [1.54, 1.807) is 0 Å². The molecule has 5 rings (SSSR count). The average Bonchev–Trinajstić information content (AvgIpc) is 3.24. The molecule has 1 amide bonds. The molecule has 0 bridgehead atoms. The van der Waals surface area contributed by atoms with Crippen LogP contribution in [0.4, 0.5) is 5.82 Å². The van der Waals surface area contributed by atoms with E-state index in [1.807, 2.05) is 36.4 Å². The number of carbonyl (C=O) groups excluding carboxylic acids is 1. The summed E-state index contributed by atoms with van der Waals surface area (Å²) in [5.41, 5.74) is 16.7. The number of hydrogen-bond donors (Lipinski definition) is 2. The smallest absolute Gasteiger partial charge is 0.227 e. The molecular formula is C29H33N5O. The number of primary amides is 1. The summed E-state index contributed by atoms with van der Waals surface area (Å²) in [6, 6.07) is 16.3. The van der Waals surface area contributed by atoms with Gasteiger partial charge in [0.1, 0.15) is 11.3 Å². The molecule has 0 aliphatic heterocycles. The molecule has 180 valence electrons. The molecule has 1 unspecified atom stereocenters. The molecule has 1 aliphatic rings. The van der Waals surface area contributed by atoms with Gasteiger partial charge in [-0.1, -0.05) is 74.4 Å². The van der Waals surface area contributed by atoms with Crippen molar-refractivity contribution in [2.45, 2.75) is 58.4 Å². The molecule has 4 N–H and O–H groups in total. The Bertz CT molecular complexity index is 1420. The first-order chi connectivity index (χ1) is 17.0. The van der Waals surface area contributed by atoms with Gasteiger partial charge < -0.3 is 16.0 Å². The van der Waals surface area contributed by atoms with Gasteiger partial charge in [-0.25, -0.2) is 9.97 Å². The van der Waals surface area contributed by atoms with Gasteiger partial charge in [0, 0.05) is 18.4 Å². The molecule has 1 atom stereocenters. The molecule has 0 radical (unpaired) electrons. The summed E-state index contributed by atoms with van der Waals surface area (Å²) < 4.78 is 2.33. The lowest BCUT2D eigenvalue weighted by Gasteiger charge is -2.31. The maximum atomic E-state index is 12.6. The number of fused-ring (bicyclic) bond motifs is 4. The van der Waals surface area contributed by atoms with Crippen molar-refractivity contribution in [2.75, 3.05) is 5.73 Å². The Morgan fingerprint density at radius 1 is 1.06 bits per heavy atom. The first-order valence-corrected chi connectivity index (χ1v) is 12.6. The van der Waals surface area contributed by atoms with Gasteiger partial charge in [0.2, 0.25) is 5.91 Å². The predicted octanol–water partition coefficient (Wildman–Crippen LogP) is 5.42. The lowest BCUT2D eigenvalue weighted by Crippen LogP contribution is -2.38. The van der Waals surface area contributed by atoms with Crippen LogP contribution in [0.3, 0.4) is 0 Å². The third kappa shape index (κ3) is 4.29. The van der Waals surface area contributed by atoms with Gasteiger partial charge >= 0.3 is 0 Å². The highest BCUT2D eigenvalue weighted by Gasteiger charge is 2.36. The summed E-state index contributed by atoms with van der Waals surface area (Å²) in [6.07, 6.45) is 10.4. The zero-order chi connectivity index (χ0) is 24.4. The van der Waals surface area contributed by atoms with E-state index >= 15 is 0 Å². The number of imidazole rings is 1. The fourth-order valence-corrected chi connectivity index (χ4v) is 5.35. The van der Waals surface area contributed by atoms with E-state index in [0.29, 0.717) is 12.2 Å². The number of para-hydroxylation sites is 1. The van der Waals surface area contributed by atoms with Gasteiger partial charge in [0.05, 0.1) is 16.4 Å². The van der Waals surface area contributed by atoms with Crippen LogP contribution >= 0.6 is 0 Å². The number of aromatic nitrogens is 3. The first-order valence-electron chi connectivity index (χ1n) is 12.6. The number of benzene rings is 2. The minimum atomic E-state index is -0.628. The largest absolute Gasteiger partial charge is 0.382 e. The van der Waals surface area contributed by atoms with E-state index < -0.39 is 5.41 Å². The Morgan fingerprint density at radius 2 is 1.86 bits per heavy atom. The Morgan fingerprint density at radius 3 is 2.69 bits per heavy atom. The second-order valence-corrected chi connectivity index (χ2v) is 9.68. The van der Waals surface area contributed by atoms with E-state index in [1.165, 1.54) is 11.1 Å². The Balaban J connectivity index is 1.40. The van der Waals surface area contributed by atoms with Gasteiger partial charge in [0.25, 0.3) is 0 Å². The third-order valence-electron chi connectivity index (χ3n) is 7.33. The Hall–Kier alpha value is -3.67. The molecule has 4 aromatic rings. The van der Waals surface area contributed by atoms with Crippen molar-refractivity contribution < 1.29 is 4.79 Å². The summed E-state index contributed by atoms with van der Waals surface area (Å²) >= 11 is 0. The zero-order valence-electron chi connectivity index (χ0n) is 20.3. The molecule has 0 saturated carbocycles. The fraction of sp³-hybridized carbons (Fsp3) is 0.345. The van der Waals surface area contributed by atoms with Crippen LogP contribution in [0.15, 0.2) is 54.6 Å². The number of hydrogen-bond acceptors (Lipinski definition) is 4. The number of aryl methyl sites for hydroxylation is 2. The van der Waals surface area contributed by atoms with Crippen LogP contribution in [-0.2, 0) is 24.2 Å². The predicted molar refractivity (Wildman–Crippen MR) is 143 cm³/mol. The van der Waals surface area contributed by atoms with Crippen molar-refractivity contribution in [3.05, 3.63) is 71.6 Å². The molecule has 2 heterocycles. The molecular weight excluding hydrogens is 434 g/mol. The van der Waals surface area contributed by atoms with Crippen LogP contribution in [0.5, 0.6) is 0 Å². The van der Waals surface area contributed by atoms with Crippen LogP contribution in [0.25, 0.3) is 28.0 Å². The molecule has 2 aromatic heterocycles. The molecule has 0 fully saturated rings. The van der Waals surface area contributed by atoms with Crippen LogP contribution in [0.2, 0.25) is 0 Å². The fourth-order valence-electron chi connectivity index (χ4n) is 5.35. The van der Waals surface area contributed by atoms with Crippen LogP contribution in [0.1, 0.15) is 56.0 Å². The number of anilines is 1. The van der Waals surface area contributed by atoms with E-state index in [4.69, 9.17) is 16.5 Å². The Labute approximate surface area is 206 Å². The summed E-state index contributed by atoms with van der Waals surface area (Å²) in [6.45, 7) is 3.01. The average molecular weight is 468 g/mol. The zero-order valence-corrected chi connectivity index (χ0v) is 20.3. The quantitative estimate of drug-likeness (QED) is 0.321. The number of rotatable bonds is 9. The molecule has 35 heavy (non-hydrogen) atoms. The van der Waals surface area contributed by atoms with Crippen LogP contribution < -0.4 is 11.5 Å². The van der Waals surface area contributed by atoms with Crippen molar-refractivity contribution in [1.82, 2.24) is 14.5 Å². The summed E-state index contributed by atoms with van der Waals surface area (Å²) in [7, 11) is 0. The summed E-state index contributed by atoms with van der Waals surface area (Å²) in [5.74, 6) is 1.29. The van der Waals surface area contributed by atoms with Crippen molar-refractivity contribution >= 4 is 39.7 Å². The number of unbranched alkanes of at least 4 members (excludes halogenated alkanes) is 2. The third-order valence-corrected chi connectivity index (χ3v) is 7.33. The standard InChI is InChI=1S/C29H33N5O/c1-2-3-14-24-33-25-26(22-12-6-7-13-23(22)32-27(25)30)34(24)18-9-8-16-29(28(31)35)17-15-20-10-4-5-11-21(20)19-29/h4-7,10-13,15,17H,2-3,8-9,14,16,18-19H2,1H3,(H2,30,32)(H2,31,35). The van der Waals surface area contributed by atoms with Crippen molar-refractivity contribution in [2.24, 2.45) is 11.1 Å².